The average Bonchev–Trinajstić information content (AvgIpc) is 2.87. The van der Waals surface area contributed by atoms with E-state index in [-0.39, 0.29) is 28.2 Å². The fourth-order valence-electron chi connectivity index (χ4n) is 1.41. The van der Waals surface area contributed by atoms with Gasteiger partial charge in [0.1, 0.15) is 11.0 Å². The lowest BCUT2D eigenvalue weighted by Gasteiger charge is -2.12. The summed E-state index contributed by atoms with van der Waals surface area (Å²) in [4.78, 5) is 24.0. The Labute approximate surface area is 126 Å². The van der Waals surface area contributed by atoms with Crippen molar-refractivity contribution < 1.29 is 9.53 Å². The predicted octanol–water partition coefficient (Wildman–Crippen LogP) is 1.81. The van der Waals surface area contributed by atoms with Crippen molar-refractivity contribution in [2.45, 2.75) is 26.2 Å². The fourth-order valence-corrected chi connectivity index (χ4v) is 1.59. The summed E-state index contributed by atoms with van der Waals surface area (Å²) >= 11 is 5.80. The van der Waals surface area contributed by atoms with E-state index in [4.69, 9.17) is 16.3 Å². The Morgan fingerprint density at radius 3 is 2.62 bits per heavy atom. The molecule has 2 N–H and O–H groups in total. The second-order valence-corrected chi connectivity index (χ2v) is 5.66. The van der Waals surface area contributed by atoms with Gasteiger partial charge in [-0.05, 0) is 0 Å². The lowest BCUT2D eigenvalue weighted by Crippen LogP contribution is -2.17. The van der Waals surface area contributed by atoms with E-state index in [0.717, 1.165) is 0 Å². The number of amides is 1. The van der Waals surface area contributed by atoms with Crippen LogP contribution in [-0.2, 0) is 5.41 Å². The summed E-state index contributed by atoms with van der Waals surface area (Å²) in [6.45, 7) is 5.88. The van der Waals surface area contributed by atoms with Gasteiger partial charge in [-0.3, -0.25) is 15.2 Å². The number of methoxy groups -OCH3 is 1. The minimum Gasteiger partial charge on any atom is -0.481 e. The van der Waals surface area contributed by atoms with E-state index in [1.54, 1.807) is 0 Å². The van der Waals surface area contributed by atoms with Gasteiger partial charge in [-0.15, -0.1) is 5.10 Å². The SMILES string of the molecule is COc1cc(Cl)nc(NC(=O)c2n[nH]c(C(C)(C)C)n2)n1. The fraction of sp³-hybridized carbons (Fsp3) is 0.417. The standard InChI is InChI=1S/C12H15ClN6O2/c1-12(2,3)10-16-8(18-19-10)9(20)17-11-14-6(13)5-7(15-11)21-4/h5H,1-4H3,(H,16,18,19)(H,14,15,17,20). The molecule has 0 aromatic carbocycles. The third-order valence-electron chi connectivity index (χ3n) is 2.50. The van der Waals surface area contributed by atoms with Gasteiger partial charge in [0.05, 0.1) is 7.11 Å². The van der Waals surface area contributed by atoms with Gasteiger partial charge in [0.2, 0.25) is 17.7 Å². The Bertz CT molecular complexity index is 664. The van der Waals surface area contributed by atoms with E-state index in [2.05, 4.69) is 30.5 Å². The van der Waals surface area contributed by atoms with Gasteiger partial charge in [0.15, 0.2) is 0 Å². The van der Waals surface area contributed by atoms with E-state index in [9.17, 15) is 4.79 Å². The first-order chi connectivity index (χ1) is 9.79. The summed E-state index contributed by atoms with van der Waals surface area (Å²) in [5.41, 5.74) is -0.235. The average molecular weight is 311 g/mol. The van der Waals surface area contributed by atoms with E-state index in [1.165, 1.54) is 13.2 Å². The van der Waals surface area contributed by atoms with Crippen molar-refractivity contribution in [1.82, 2.24) is 25.1 Å². The number of hydrogen-bond donors (Lipinski definition) is 2. The first kappa shape index (κ1) is 15.2. The summed E-state index contributed by atoms with van der Waals surface area (Å²) < 4.78 is 4.95. The summed E-state index contributed by atoms with van der Waals surface area (Å²) in [6.07, 6.45) is 0. The molecule has 2 heterocycles. The van der Waals surface area contributed by atoms with Gasteiger partial charge in [0, 0.05) is 11.5 Å². The summed E-state index contributed by atoms with van der Waals surface area (Å²) in [6, 6.07) is 1.43. The smallest absolute Gasteiger partial charge is 0.297 e. The Kier molecular flexibility index (Phi) is 4.08. The monoisotopic (exact) mass is 310 g/mol. The van der Waals surface area contributed by atoms with Gasteiger partial charge in [0.25, 0.3) is 5.91 Å². The Balaban J connectivity index is 2.18. The zero-order valence-corrected chi connectivity index (χ0v) is 12.8. The van der Waals surface area contributed by atoms with E-state index in [0.29, 0.717) is 5.82 Å². The molecule has 0 bridgehead atoms. The Morgan fingerprint density at radius 2 is 2.05 bits per heavy atom. The zero-order valence-electron chi connectivity index (χ0n) is 12.1. The van der Waals surface area contributed by atoms with E-state index >= 15 is 0 Å². The van der Waals surface area contributed by atoms with E-state index < -0.39 is 5.91 Å². The van der Waals surface area contributed by atoms with Gasteiger partial charge in [-0.25, -0.2) is 9.97 Å². The Hall–Kier alpha value is -2.22. The van der Waals surface area contributed by atoms with Gasteiger partial charge in [-0.1, -0.05) is 32.4 Å². The van der Waals surface area contributed by atoms with Crippen LogP contribution in [0.15, 0.2) is 6.07 Å². The minimum absolute atomic E-state index is 0.00228. The lowest BCUT2D eigenvalue weighted by molar-refractivity contribution is 0.101. The summed E-state index contributed by atoms with van der Waals surface area (Å²) in [5, 5.41) is 9.23. The topological polar surface area (TPSA) is 106 Å². The van der Waals surface area contributed by atoms with Crippen molar-refractivity contribution in [2.75, 3.05) is 12.4 Å². The van der Waals surface area contributed by atoms with Crippen LogP contribution in [0.25, 0.3) is 0 Å². The highest BCUT2D eigenvalue weighted by molar-refractivity contribution is 6.29. The molecule has 0 saturated carbocycles. The van der Waals surface area contributed by atoms with Crippen LogP contribution < -0.4 is 10.1 Å². The predicted molar refractivity (Wildman–Crippen MR) is 76.6 cm³/mol. The molecular weight excluding hydrogens is 296 g/mol. The third kappa shape index (κ3) is 3.66. The molecule has 112 valence electrons. The first-order valence-electron chi connectivity index (χ1n) is 6.12. The van der Waals surface area contributed by atoms with Crippen LogP contribution in [0.1, 0.15) is 37.2 Å². The number of H-pyrrole nitrogens is 1. The molecule has 0 aliphatic heterocycles. The molecule has 21 heavy (non-hydrogen) atoms. The van der Waals surface area contributed by atoms with Gasteiger partial charge >= 0.3 is 0 Å². The number of rotatable bonds is 3. The normalized spacial score (nSPS) is 11.3. The molecule has 0 radical (unpaired) electrons. The maximum Gasteiger partial charge on any atom is 0.297 e. The zero-order chi connectivity index (χ0) is 15.6. The molecule has 0 saturated heterocycles. The molecule has 2 aromatic rings. The number of halogens is 1. The molecule has 8 nitrogen and oxygen atoms in total. The number of aromatic amines is 1. The van der Waals surface area contributed by atoms with Crippen LogP contribution >= 0.6 is 11.6 Å². The van der Waals surface area contributed by atoms with Crippen molar-refractivity contribution in [3.8, 4) is 5.88 Å². The third-order valence-corrected chi connectivity index (χ3v) is 2.70. The number of ether oxygens (including phenoxy) is 1. The molecule has 0 spiro atoms. The van der Waals surface area contributed by atoms with Crippen molar-refractivity contribution >= 4 is 23.5 Å². The molecule has 9 heteroatoms. The highest BCUT2D eigenvalue weighted by Crippen LogP contribution is 2.18. The number of hydrogen-bond acceptors (Lipinski definition) is 6. The number of aromatic nitrogens is 5. The van der Waals surface area contributed by atoms with Gasteiger partial charge < -0.3 is 4.74 Å². The molecule has 0 unspecified atom stereocenters. The highest BCUT2D eigenvalue weighted by Gasteiger charge is 2.21. The number of carbonyl (C=O) groups excluding carboxylic acids is 1. The van der Waals surface area contributed by atoms with Crippen LogP contribution in [0.5, 0.6) is 5.88 Å². The number of carbonyl (C=O) groups is 1. The maximum absolute atomic E-state index is 12.0. The second kappa shape index (κ2) is 5.65. The molecule has 2 rings (SSSR count). The largest absolute Gasteiger partial charge is 0.481 e. The van der Waals surface area contributed by atoms with Crippen molar-refractivity contribution in [3.63, 3.8) is 0 Å². The van der Waals surface area contributed by atoms with Crippen LogP contribution in [0.3, 0.4) is 0 Å². The molecule has 2 aromatic heterocycles. The van der Waals surface area contributed by atoms with E-state index in [1.807, 2.05) is 20.8 Å². The molecule has 0 fully saturated rings. The van der Waals surface area contributed by atoms with Crippen LogP contribution in [0.4, 0.5) is 5.95 Å². The Morgan fingerprint density at radius 1 is 1.33 bits per heavy atom. The van der Waals surface area contributed by atoms with Gasteiger partial charge in [-0.2, -0.15) is 4.98 Å². The maximum atomic E-state index is 12.0. The van der Waals surface area contributed by atoms with Crippen LogP contribution in [0, 0.1) is 0 Å². The first-order valence-corrected chi connectivity index (χ1v) is 6.50. The van der Waals surface area contributed by atoms with Crippen molar-refractivity contribution in [3.05, 3.63) is 22.9 Å². The summed E-state index contributed by atoms with van der Waals surface area (Å²) in [7, 11) is 1.44. The number of anilines is 1. The lowest BCUT2D eigenvalue weighted by atomic mass is 9.96. The van der Waals surface area contributed by atoms with Crippen LogP contribution in [-0.4, -0.2) is 38.2 Å². The highest BCUT2D eigenvalue weighted by atomic mass is 35.5. The van der Waals surface area contributed by atoms with Crippen molar-refractivity contribution in [1.29, 1.82) is 0 Å². The number of nitrogens with zero attached hydrogens (tertiary/aromatic N) is 4. The minimum atomic E-state index is -0.536. The molecule has 0 atom stereocenters. The molecule has 0 aliphatic carbocycles. The van der Waals surface area contributed by atoms with Crippen LogP contribution in [0.2, 0.25) is 5.15 Å². The van der Waals surface area contributed by atoms with Crippen molar-refractivity contribution in [2.24, 2.45) is 0 Å². The quantitative estimate of drug-likeness (QED) is 0.837. The second-order valence-electron chi connectivity index (χ2n) is 5.27. The molecule has 0 aliphatic rings. The molecular formula is C12H15ClN6O2. The molecule has 1 amide bonds. The summed E-state index contributed by atoms with van der Waals surface area (Å²) in [5.74, 6) is 0.341. The number of nitrogens with one attached hydrogen (secondary N) is 2.